The van der Waals surface area contributed by atoms with E-state index in [9.17, 15) is 14.4 Å². The number of benzene rings is 1. The Morgan fingerprint density at radius 1 is 1.24 bits per heavy atom. The second kappa shape index (κ2) is 8.62. The number of esters is 1. The maximum Gasteiger partial charge on any atom is 0.349 e. The lowest BCUT2D eigenvalue weighted by Gasteiger charge is -2.13. The summed E-state index contributed by atoms with van der Waals surface area (Å²) in [4.78, 5) is 36.3. The number of rotatable bonds is 7. The molecule has 0 aliphatic rings. The highest BCUT2D eigenvalue weighted by molar-refractivity contribution is 7.21. The number of ether oxygens (including phenoxy) is 1. The van der Waals surface area contributed by atoms with Crippen LogP contribution in [0, 0.1) is 6.92 Å². The molecule has 7 heteroatoms. The maximum absolute atomic E-state index is 12.2. The third kappa shape index (κ3) is 4.79. The van der Waals surface area contributed by atoms with Crippen LogP contribution in [0.1, 0.15) is 35.5 Å². The molecule has 0 aliphatic heterocycles. The van der Waals surface area contributed by atoms with Crippen LogP contribution in [0.2, 0.25) is 0 Å². The zero-order valence-corrected chi connectivity index (χ0v) is 15.4. The van der Waals surface area contributed by atoms with Gasteiger partial charge in [-0.3, -0.25) is 9.59 Å². The van der Waals surface area contributed by atoms with Gasteiger partial charge in [0.2, 0.25) is 5.91 Å². The highest BCUT2D eigenvalue weighted by Crippen LogP contribution is 2.30. The fourth-order valence-electron chi connectivity index (χ4n) is 2.32. The van der Waals surface area contributed by atoms with Crippen molar-refractivity contribution < 1.29 is 19.1 Å². The van der Waals surface area contributed by atoms with Crippen molar-refractivity contribution in [2.75, 3.05) is 13.2 Å². The first-order chi connectivity index (χ1) is 11.9. The van der Waals surface area contributed by atoms with Crippen molar-refractivity contribution in [3.05, 3.63) is 34.7 Å². The summed E-state index contributed by atoms with van der Waals surface area (Å²) < 4.78 is 6.09. The van der Waals surface area contributed by atoms with Crippen molar-refractivity contribution in [1.29, 1.82) is 0 Å². The predicted molar refractivity (Wildman–Crippen MR) is 97.7 cm³/mol. The highest BCUT2D eigenvalue weighted by atomic mass is 32.1. The summed E-state index contributed by atoms with van der Waals surface area (Å²) in [6, 6.07) is 7.03. The van der Waals surface area contributed by atoms with Crippen molar-refractivity contribution >= 4 is 39.2 Å². The zero-order chi connectivity index (χ0) is 18.4. The van der Waals surface area contributed by atoms with E-state index in [1.165, 1.54) is 11.3 Å². The molecule has 2 amide bonds. The normalized spacial score (nSPS) is 11.8. The van der Waals surface area contributed by atoms with Crippen LogP contribution < -0.4 is 10.6 Å². The average Bonchev–Trinajstić information content (AvgIpc) is 2.94. The molecule has 0 aliphatic carbocycles. The van der Waals surface area contributed by atoms with Crippen molar-refractivity contribution in [3.63, 3.8) is 0 Å². The molecule has 1 aromatic carbocycles. The van der Waals surface area contributed by atoms with Crippen molar-refractivity contribution in [1.82, 2.24) is 10.6 Å². The first kappa shape index (κ1) is 18.9. The summed E-state index contributed by atoms with van der Waals surface area (Å²) in [5.74, 6) is -1.30. The number of amides is 2. The number of hydrogen-bond acceptors (Lipinski definition) is 5. The Morgan fingerprint density at radius 3 is 2.64 bits per heavy atom. The Kier molecular flexibility index (Phi) is 6.52. The molecule has 2 rings (SSSR count). The smallest absolute Gasteiger partial charge is 0.349 e. The topological polar surface area (TPSA) is 84.5 Å². The van der Waals surface area contributed by atoms with E-state index in [0.29, 0.717) is 11.4 Å². The molecule has 0 fully saturated rings. The minimum Gasteiger partial charge on any atom is -0.451 e. The van der Waals surface area contributed by atoms with Crippen LogP contribution in [0.4, 0.5) is 0 Å². The lowest BCUT2D eigenvalue weighted by molar-refractivity contribution is -0.130. The lowest BCUT2D eigenvalue weighted by Crippen LogP contribution is -2.46. The largest absolute Gasteiger partial charge is 0.451 e. The Morgan fingerprint density at radius 2 is 1.96 bits per heavy atom. The van der Waals surface area contributed by atoms with Gasteiger partial charge >= 0.3 is 5.97 Å². The SMILES string of the molecule is CCCNC(=O)[C@H](C)NC(=O)COC(=O)c1sc2ccccc2c1C. The van der Waals surface area contributed by atoms with Crippen LogP contribution in [0.5, 0.6) is 0 Å². The first-order valence-corrected chi connectivity index (χ1v) is 8.98. The van der Waals surface area contributed by atoms with E-state index in [0.717, 1.165) is 22.1 Å². The van der Waals surface area contributed by atoms with Crippen LogP contribution in [-0.2, 0) is 14.3 Å². The number of nitrogens with one attached hydrogen (secondary N) is 2. The van der Waals surface area contributed by atoms with Gasteiger partial charge in [0.1, 0.15) is 10.9 Å². The van der Waals surface area contributed by atoms with Crippen molar-refractivity contribution in [3.8, 4) is 0 Å². The molecule has 1 aromatic heterocycles. The van der Waals surface area contributed by atoms with Crippen molar-refractivity contribution in [2.24, 2.45) is 0 Å². The van der Waals surface area contributed by atoms with E-state index >= 15 is 0 Å². The van der Waals surface area contributed by atoms with Crippen LogP contribution in [0.15, 0.2) is 24.3 Å². The van der Waals surface area contributed by atoms with Crippen LogP contribution in [0.25, 0.3) is 10.1 Å². The number of carbonyl (C=O) groups is 3. The molecule has 0 spiro atoms. The molecule has 134 valence electrons. The molecule has 0 bridgehead atoms. The van der Waals surface area contributed by atoms with E-state index in [4.69, 9.17) is 4.74 Å². The molecule has 0 radical (unpaired) electrons. The molecule has 1 heterocycles. The minimum atomic E-state index is -0.677. The van der Waals surface area contributed by atoms with Gasteiger partial charge in [0.05, 0.1) is 0 Å². The minimum absolute atomic E-state index is 0.262. The van der Waals surface area contributed by atoms with Crippen molar-refractivity contribution in [2.45, 2.75) is 33.2 Å². The van der Waals surface area contributed by atoms with Crippen LogP contribution in [-0.4, -0.2) is 37.0 Å². The summed E-state index contributed by atoms with van der Waals surface area (Å²) in [5.41, 5.74) is 0.846. The van der Waals surface area contributed by atoms with E-state index in [1.54, 1.807) is 6.92 Å². The van der Waals surface area contributed by atoms with Gasteiger partial charge in [-0.05, 0) is 37.3 Å². The van der Waals surface area contributed by atoms with Crippen LogP contribution in [0.3, 0.4) is 0 Å². The maximum atomic E-state index is 12.2. The molecule has 2 aromatic rings. The summed E-state index contributed by atoms with van der Waals surface area (Å²) in [7, 11) is 0. The molecule has 1 atom stereocenters. The highest BCUT2D eigenvalue weighted by Gasteiger charge is 2.19. The fourth-order valence-corrected chi connectivity index (χ4v) is 3.42. The lowest BCUT2D eigenvalue weighted by atomic mass is 10.1. The Labute approximate surface area is 150 Å². The molecule has 25 heavy (non-hydrogen) atoms. The quantitative estimate of drug-likeness (QED) is 0.741. The van der Waals surface area contributed by atoms with Gasteiger partial charge in [-0.1, -0.05) is 25.1 Å². The van der Waals surface area contributed by atoms with E-state index < -0.39 is 24.5 Å². The number of thiophene rings is 1. The third-order valence-electron chi connectivity index (χ3n) is 3.68. The van der Waals surface area contributed by atoms with E-state index in [1.807, 2.05) is 38.1 Å². The van der Waals surface area contributed by atoms with E-state index in [-0.39, 0.29) is 5.91 Å². The number of hydrogen-bond donors (Lipinski definition) is 2. The third-order valence-corrected chi connectivity index (χ3v) is 4.94. The van der Waals surface area contributed by atoms with Gasteiger partial charge in [-0.25, -0.2) is 4.79 Å². The second-order valence-corrected chi connectivity index (χ2v) is 6.76. The van der Waals surface area contributed by atoms with Gasteiger partial charge in [0, 0.05) is 11.2 Å². The van der Waals surface area contributed by atoms with E-state index in [2.05, 4.69) is 10.6 Å². The fraction of sp³-hybridized carbons (Fsp3) is 0.389. The molecule has 6 nitrogen and oxygen atoms in total. The molecule has 0 saturated carbocycles. The monoisotopic (exact) mass is 362 g/mol. The van der Waals surface area contributed by atoms with Gasteiger partial charge in [-0.2, -0.15) is 0 Å². The molecular formula is C18H22N2O4S. The Hall–Kier alpha value is -2.41. The summed E-state index contributed by atoms with van der Waals surface area (Å²) >= 11 is 1.34. The van der Waals surface area contributed by atoms with Crippen LogP contribution >= 0.6 is 11.3 Å². The molecule has 0 saturated heterocycles. The second-order valence-electron chi connectivity index (χ2n) is 5.71. The average molecular weight is 362 g/mol. The Balaban J connectivity index is 1.89. The number of fused-ring (bicyclic) bond motifs is 1. The molecule has 0 unspecified atom stereocenters. The number of carbonyl (C=O) groups excluding carboxylic acids is 3. The standard InChI is InChI=1S/C18H22N2O4S/c1-4-9-19-17(22)12(3)20-15(21)10-24-18(23)16-11(2)13-7-5-6-8-14(13)25-16/h5-8,12H,4,9-10H2,1-3H3,(H,19,22)(H,20,21)/t12-/m0/s1. The van der Waals surface area contributed by atoms with Gasteiger partial charge in [-0.15, -0.1) is 11.3 Å². The zero-order valence-electron chi connectivity index (χ0n) is 14.5. The molecular weight excluding hydrogens is 340 g/mol. The Bertz CT molecular complexity index is 784. The first-order valence-electron chi connectivity index (χ1n) is 8.16. The van der Waals surface area contributed by atoms with Gasteiger partial charge < -0.3 is 15.4 Å². The summed E-state index contributed by atoms with van der Waals surface area (Å²) in [5, 5.41) is 6.21. The summed E-state index contributed by atoms with van der Waals surface area (Å²) in [6.07, 6.45) is 0.818. The van der Waals surface area contributed by atoms with Gasteiger partial charge in [0.15, 0.2) is 6.61 Å². The molecule has 2 N–H and O–H groups in total. The number of aryl methyl sites for hydroxylation is 1. The predicted octanol–water partition coefficient (Wildman–Crippen LogP) is 2.40. The van der Waals surface area contributed by atoms with Gasteiger partial charge in [0.25, 0.3) is 5.91 Å². The summed E-state index contributed by atoms with van der Waals surface area (Å²) in [6.45, 7) is 5.52.